The van der Waals surface area contributed by atoms with Gasteiger partial charge in [-0.15, -0.1) is 0 Å². The van der Waals surface area contributed by atoms with Crippen molar-refractivity contribution in [2.75, 3.05) is 26.2 Å². The fraction of sp³-hybridized carbons (Fsp3) is 0.244. The average molecular weight is 1370 g/mol. The molecule has 21 heteroatoms. The molecule has 5 fully saturated rings. The summed E-state index contributed by atoms with van der Waals surface area (Å²) in [4.78, 5) is 43.9. The average Bonchev–Trinajstić information content (AvgIpc) is 1.68. The lowest BCUT2D eigenvalue weighted by Gasteiger charge is -2.28. The van der Waals surface area contributed by atoms with E-state index in [1.54, 1.807) is 48.5 Å². The number of nitrogens with two attached hydrogens (primary N) is 1. The van der Waals surface area contributed by atoms with E-state index in [4.69, 9.17) is 31.5 Å². The number of hydrogen-bond donors (Lipinski definition) is 4. The van der Waals surface area contributed by atoms with Crippen LogP contribution in [0.3, 0.4) is 0 Å². The maximum atomic E-state index is 12.7. The molecule has 2 saturated heterocycles. The molecule has 14 rings (SSSR count). The maximum Gasteiger partial charge on any atom is 0.417 e. The number of likely N-dealkylation sites (tertiary alicyclic amines) is 1. The van der Waals surface area contributed by atoms with Gasteiger partial charge in [-0.3, -0.25) is 0 Å². The van der Waals surface area contributed by atoms with Crippen LogP contribution in [0, 0.1) is 0 Å². The number of piperidine rings is 2. The highest BCUT2D eigenvalue weighted by atomic mass is 35.5. The van der Waals surface area contributed by atoms with E-state index >= 15 is 0 Å². The number of amides is 3. The molecule has 3 amide bonds. The predicted molar refractivity (Wildman–Crippen MR) is 370 cm³/mol. The maximum absolute atomic E-state index is 12.7. The molecule has 5 N–H and O–H groups in total. The molecular formula is C78H74ClF6N7O7. The molecule has 0 radical (unpaired) electrons. The number of benzene rings is 7. The van der Waals surface area contributed by atoms with Gasteiger partial charge in [0, 0.05) is 85.1 Å². The second-order valence-corrected chi connectivity index (χ2v) is 24.4. The molecule has 6 atom stereocenters. The summed E-state index contributed by atoms with van der Waals surface area (Å²) < 4.78 is 96.7. The number of nitrogens with one attached hydrogen (secondary N) is 3. The smallest absolute Gasteiger partial charge is 0.417 e. The monoisotopic (exact) mass is 1370 g/mol. The van der Waals surface area contributed by atoms with E-state index in [-0.39, 0.29) is 36.0 Å². The first kappa shape index (κ1) is 71.5. The van der Waals surface area contributed by atoms with Crippen LogP contribution in [0.4, 0.5) is 40.7 Å². The minimum absolute atomic E-state index is 0.00285. The Morgan fingerprint density at radius 3 is 1.28 bits per heavy atom. The van der Waals surface area contributed by atoms with E-state index < -0.39 is 28.9 Å². The van der Waals surface area contributed by atoms with E-state index in [9.17, 15) is 40.7 Å². The van der Waals surface area contributed by atoms with Crippen LogP contribution in [0.5, 0.6) is 34.8 Å². The number of halogens is 7. The summed E-state index contributed by atoms with van der Waals surface area (Å²) in [5.41, 5.74) is 11.8. The van der Waals surface area contributed by atoms with Gasteiger partial charge >= 0.3 is 29.9 Å². The topological polar surface area (TPSA) is 179 Å². The van der Waals surface area contributed by atoms with E-state index in [0.29, 0.717) is 59.9 Å². The molecule has 512 valence electrons. The Labute approximate surface area is 575 Å². The third-order valence-corrected chi connectivity index (χ3v) is 16.7. The number of alkyl halides is 6. The van der Waals surface area contributed by atoms with Crippen LogP contribution in [-0.2, 0) is 12.4 Å². The Morgan fingerprint density at radius 2 is 0.879 bits per heavy atom. The van der Waals surface area contributed by atoms with Gasteiger partial charge in [-0.2, -0.15) is 26.3 Å². The Hall–Kier alpha value is -10.3. The molecule has 4 heterocycles. The van der Waals surface area contributed by atoms with Crippen molar-refractivity contribution in [2.45, 2.75) is 93.2 Å². The lowest BCUT2D eigenvalue weighted by Crippen LogP contribution is -2.44. The largest absolute Gasteiger partial charge is 0.439 e. The first-order chi connectivity index (χ1) is 47.8. The highest BCUT2D eigenvalue weighted by Crippen LogP contribution is 2.42. The first-order valence-electron chi connectivity index (χ1n) is 32.5. The van der Waals surface area contributed by atoms with Gasteiger partial charge in [-0.1, -0.05) is 175 Å². The second kappa shape index (κ2) is 34.8. The normalized spacial score (nSPS) is 18.7. The summed E-state index contributed by atoms with van der Waals surface area (Å²) in [7, 11) is 0. The zero-order valence-electron chi connectivity index (χ0n) is 53.8. The second-order valence-electron chi connectivity index (χ2n) is 24.0. The van der Waals surface area contributed by atoms with Crippen molar-refractivity contribution in [2.24, 2.45) is 5.73 Å². The lowest BCUT2D eigenvalue weighted by molar-refractivity contribution is -0.138. The van der Waals surface area contributed by atoms with Crippen molar-refractivity contribution in [3.05, 3.63) is 287 Å². The number of hydrogen-bond acceptors (Lipinski definition) is 11. The number of para-hydroxylation sites is 2. The van der Waals surface area contributed by atoms with Crippen molar-refractivity contribution < 1.29 is 59.7 Å². The zero-order valence-corrected chi connectivity index (χ0v) is 54.6. The molecule has 99 heavy (non-hydrogen) atoms. The number of carbonyl (C=O) groups is 3. The van der Waals surface area contributed by atoms with Crippen LogP contribution in [0.25, 0.3) is 12.2 Å². The molecule has 3 aliphatic carbocycles. The number of ether oxygens (including phenoxy) is 4. The number of pyridine rings is 2. The third-order valence-electron chi connectivity index (χ3n) is 16.6. The minimum atomic E-state index is -4.43. The van der Waals surface area contributed by atoms with Crippen molar-refractivity contribution in [1.29, 1.82) is 0 Å². The molecule has 0 bridgehead atoms. The summed E-state index contributed by atoms with van der Waals surface area (Å²) in [5, 5.41) is 9.36. The van der Waals surface area contributed by atoms with E-state index in [2.05, 4.69) is 91.3 Å². The van der Waals surface area contributed by atoms with Crippen LogP contribution < -0.4 is 40.6 Å². The Kier molecular flexibility index (Phi) is 25.1. The number of rotatable bonds is 13. The number of nitrogens with zero attached hydrogens (tertiary/aromatic N) is 3. The molecule has 5 aliphatic rings. The summed E-state index contributed by atoms with van der Waals surface area (Å²) in [6, 6.07) is 68.6. The fourth-order valence-electron chi connectivity index (χ4n) is 11.1. The highest BCUT2D eigenvalue weighted by molar-refractivity contribution is 6.61. The Balaban J connectivity index is 0.000000145. The molecule has 3 saturated carbocycles. The summed E-state index contributed by atoms with van der Waals surface area (Å²) in [5.74, 6) is 3.77. The van der Waals surface area contributed by atoms with Gasteiger partial charge in [0.2, 0.25) is 11.8 Å². The van der Waals surface area contributed by atoms with Gasteiger partial charge in [0.1, 0.15) is 23.0 Å². The zero-order chi connectivity index (χ0) is 69.6. The SMILES string of the molecule is FC(F)(F)c1ccc(Oc2cccc(C=C3CCNCC3)c2)nc1.N[C@@H]1C[C@H]1c1ccccc1.O=C(Cl)Oc1ccccc1.O=C(NC1C[C@H]1c1ccccc1)Oc1ccccc1.O=C(N[C@@H]1C[C@H]1c1ccccc1)N1CCC(=Cc2cccc(Oc3ccc(C(F)(F)F)cn3)c2)CC1. The molecule has 14 nitrogen and oxygen atoms in total. The first-order valence-corrected chi connectivity index (χ1v) is 32.9. The number of aromatic nitrogens is 2. The Morgan fingerprint density at radius 1 is 0.485 bits per heavy atom. The number of urea groups is 1. The summed E-state index contributed by atoms with van der Waals surface area (Å²) >= 11 is 4.95. The van der Waals surface area contributed by atoms with E-state index in [0.717, 1.165) is 87.3 Å². The molecule has 9 aromatic rings. The van der Waals surface area contributed by atoms with Crippen molar-refractivity contribution in [3.63, 3.8) is 0 Å². The van der Waals surface area contributed by atoms with Crippen molar-refractivity contribution in [3.8, 4) is 34.8 Å². The van der Waals surface area contributed by atoms with Crippen molar-refractivity contribution in [1.82, 2.24) is 30.8 Å². The quantitative estimate of drug-likeness (QED) is 0.0637. The van der Waals surface area contributed by atoms with Gasteiger partial charge in [-0.25, -0.2) is 24.4 Å². The minimum Gasteiger partial charge on any atom is -0.439 e. The van der Waals surface area contributed by atoms with Gasteiger partial charge in [-0.05, 0) is 147 Å². The third kappa shape index (κ3) is 23.5. The fourth-order valence-corrected chi connectivity index (χ4v) is 11.1. The molecule has 2 aromatic heterocycles. The van der Waals surface area contributed by atoms with Crippen LogP contribution in [0.1, 0.15) is 102 Å². The van der Waals surface area contributed by atoms with E-state index in [1.165, 1.54) is 46.4 Å². The van der Waals surface area contributed by atoms with Crippen LogP contribution in [-0.4, -0.2) is 76.7 Å². The van der Waals surface area contributed by atoms with Crippen LogP contribution >= 0.6 is 11.6 Å². The number of carbonyl (C=O) groups excluding carboxylic acids is 3. The van der Waals surface area contributed by atoms with Crippen molar-refractivity contribution >= 4 is 41.3 Å². The molecule has 0 spiro atoms. The Bertz CT molecular complexity index is 4090. The van der Waals surface area contributed by atoms with Crippen LogP contribution in [0.2, 0.25) is 0 Å². The van der Waals surface area contributed by atoms with E-state index in [1.807, 2.05) is 108 Å². The molecule has 1 unspecified atom stereocenters. The summed E-state index contributed by atoms with van der Waals surface area (Å²) in [6.45, 7) is 3.28. The molecule has 2 aliphatic heterocycles. The van der Waals surface area contributed by atoms with Gasteiger partial charge in [0.25, 0.3) is 0 Å². The standard InChI is InChI=1S/C28H26F3N3O2.C18H17F3N2O.C16H15NO2.C9H11N.C7H5ClO2/c29-28(30,31)22-9-10-26(32-18-22)36-23-8-4-5-20(16-23)15-19-11-13-34(14-12-19)27(35)33-25-17-24(25)21-6-2-1-3-7-21;19-18(20,21)15-4-5-17(23-12-15)24-16-3-1-2-14(11-16)10-13-6-8-22-9-7-13;18-16(19-13-9-5-2-6-10-13)17-15-11-14(15)12-7-3-1-4-8-12;10-9-6-8(9)7-4-2-1-3-5-7;8-7(9)10-6-4-2-1-3-5-6/h1-10,15-16,18,24-25H,11-14,17H2,(H,33,35);1-5,10-12,22H,6-9H2;1-10,14-15H,11H2,(H,17,18);1-5,8-9H,6,10H2;1-5H/t24-,25+;;14-,15?;8-,9+;/m0.00./s1. The highest BCUT2D eigenvalue weighted by Gasteiger charge is 2.41. The predicted octanol–water partition coefficient (Wildman–Crippen LogP) is 18.6. The van der Waals surface area contributed by atoms with Crippen LogP contribution in [0.15, 0.2) is 248 Å². The summed E-state index contributed by atoms with van der Waals surface area (Å²) in [6.07, 6.45) is 3.27. The van der Waals surface area contributed by atoms with Gasteiger partial charge in [0.05, 0.1) is 11.1 Å². The molecular weight excluding hydrogens is 1300 g/mol. The van der Waals surface area contributed by atoms with Gasteiger partial charge < -0.3 is 45.5 Å². The van der Waals surface area contributed by atoms with Gasteiger partial charge in [0.15, 0.2) is 0 Å². The lowest BCUT2D eigenvalue weighted by atomic mass is 10.0. The molecule has 7 aromatic carbocycles.